The average Bonchev–Trinajstić information content (AvgIpc) is 2.25. The van der Waals surface area contributed by atoms with Gasteiger partial charge in [0.15, 0.2) is 0 Å². The molecule has 100 valence electrons. The van der Waals surface area contributed by atoms with Gasteiger partial charge in [-0.3, -0.25) is 4.79 Å². The van der Waals surface area contributed by atoms with E-state index in [-0.39, 0.29) is 10.7 Å². The second-order valence-corrected chi connectivity index (χ2v) is 5.86. The summed E-state index contributed by atoms with van der Waals surface area (Å²) in [6.07, 6.45) is 1.39. The Balaban J connectivity index is 3.26. The first-order valence-corrected chi connectivity index (χ1v) is 6.71. The summed E-state index contributed by atoms with van der Waals surface area (Å²) in [5, 5.41) is 0. The number of rotatable bonds is 5. The molecule has 1 aromatic heterocycles. The number of amides is 1. The summed E-state index contributed by atoms with van der Waals surface area (Å²) >= 11 is 0. The summed E-state index contributed by atoms with van der Waals surface area (Å²) in [7, 11) is -3.88. The molecular formula is C10H16N4O3S. The molecule has 1 rings (SSSR count). The Morgan fingerprint density at radius 2 is 2.11 bits per heavy atom. The van der Waals surface area contributed by atoms with Crippen LogP contribution in [-0.2, 0) is 14.8 Å². The Bertz CT molecular complexity index is 542. The number of anilines is 1. The van der Waals surface area contributed by atoms with Crippen LogP contribution in [0.3, 0.4) is 0 Å². The van der Waals surface area contributed by atoms with Crippen LogP contribution in [0.4, 0.5) is 5.82 Å². The third kappa shape index (κ3) is 2.96. The quantitative estimate of drug-likeness (QED) is 0.752. The molecule has 0 aliphatic carbocycles. The first-order chi connectivity index (χ1) is 8.26. The van der Waals surface area contributed by atoms with Gasteiger partial charge in [0.25, 0.3) is 0 Å². The van der Waals surface area contributed by atoms with Crippen molar-refractivity contribution in [2.24, 2.45) is 5.73 Å². The molecule has 0 fully saturated rings. The summed E-state index contributed by atoms with van der Waals surface area (Å²) in [6, 6.07) is 2.39. The van der Waals surface area contributed by atoms with E-state index in [0.717, 1.165) is 4.31 Å². The van der Waals surface area contributed by atoms with Gasteiger partial charge in [0.1, 0.15) is 10.7 Å². The van der Waals surface area contributed by atoms with Gasteiger partial charge in [0.2, 0.25) is 15.9 Å². The zero-order valence-corrected chi connectivity index (χ0v) is 11.0. The zero-order valence-electron chi connectivity index (χ0n) is 10.2. The summed E-state index contributed by atoms with van der Waals surface area (Å²) in [4.78, 5) is 14.5. The lowest BCUT2D eigenvalue weighted by molar-refractivity contribution is -0.118. The van der Waals surface area contributed by atoms with Gasteiger partial charge >= 0.3 is 0 Å². The molecule has 7 nitrogen and oxygen atoms in total. The third-order valence-electron chi connectivity index (χ3n) is 2.27. The van der Waals surface area contributed by atoms with E-state index in [1.807, 2.05) is 0 Å². The van der Waals surface area contributed by atoms with Crippen LogP contribution in [0.1, 0.15) is 13.8 Å². The molecule has 0 saturated carbocycles. The Morgan fingerprint density at radius 1 is 1.50 bits per heavy atom. The molecule has 1 aromatic rings. The van der Waals surface area contributed by atoms with Crippen molar-refractivity contribution < 1.29 is 13.2 Å². The standard InChI is InChI=1S/C10H16N4O3S/c1-7(2)14(6-9(11)15)18(16,17)8-4-3-5-13-10(8)12/h3-5,7H,6H2,1-2H3,(H2,11,15)(H2,12,13). The van der Waals surface area contributed by atoms with E-state index in [1.165, 1.54) is 18.3 Å². The van der Waals surface area contributed by atoms with Crippen molar-refractivity contribution in [3.63, 3.8) is 0 Å². The number of primary amides is 1. The molecular weight excluding hydrogens is 256 g/mol. The second-order valence-electron chi connectivity index (χ2n) is 4.00. The predicted octanol–water partition coefficient (Wildman–Crippen LogP) is -0.452. The number of hydrogen-bond donors (Lipinski definition) is 2. The monoisotopic (exact) mass is 272 g/mol. The summed E-state index contributed by atoms with van der Waals surface area (Å²) in [5.74, 6) is -0.831. The number of aromatic nitrogens is 1. The van der Waals surface area contributed by atoms with Crippen molar-refractivity contribution in [1.82, 2.24) is 9.29 Å². The highest BCUT2D eigenvalue weighted by Crippen LogP contribution is 2.21. The van der Waals surface area contributed by atoms with Crippen molar-refractivity contribution in [2.45, 2.75) is 24.8 Å². The number of carbonyl (C=O) groups is 1. The minimum absolute atomic E-state index is 0.104. The molecule has 0 unspecified atom stereocenters. The van der Waals surface area contributed by atoms with Gasteiger partial charge in [0, 0.05) is 12.2 Å². The Kier molecular flexibility index (Phi) is 4.25. The van der Waals surface area contributed by atoms with Crippen LogP contribution in [0.5, 0.6) is 0 Å². The topological polar surface area (TPSA) is 119 Å². The van der Waals surface area contributed by atoms with Crippen LogP contribution in [0.25, 0.3) is 0 Å². The molecule has 8 heteroatoms. The molecule has 0 aliphatic rings. The highest BCUT2D eigenvalue weighted by Gasteiger charge is 2.30. The minimum atomic E-state index is -3.88. The summed E-state index contributed by atoms with van der Waals surface area (Å²) in [5.41, 5.74) is 10.6. The molecule has 0 radical (unpaired) electrons. The Morgan fingerprint density at radius 3 is 2.56 bits per heavy atom. The van der Waals surface area contributed by atoms with Crippen molar-refractivity contribution >= 4 is 21.7 Å². The molecule has 1 amide bonds. The third-order valence-corrected chi connectivity index (χ3v) is 4.34. The molecule has 0 aliphatic heterocycles. The molecule has 0 spiro atoms. The van der Waals surface area contributed by atoms with Gasteiger partial charge in [-0.2, -0.15) is 4.31 Å². The van der Waals surface area contributed by atoms with Gasteiger partial charge < -0.3 is 11.5 Å². The van der Waals surface area contributed by atoms with Gasteiger partial charge in [-0.25, -0.2) is 13.4 Å². The van der Waals surface area contributed by atoms with E-state index in [1.54, 1.807) is 13.8 Å². The predicted molar refractivity (Wildman–Crippen MR) is 66.9 cm³/mol. The van der Waals surface area contributed by atoms with E-state index in [4.69, 9.17) is 11.5 Å². The lowest BCUT2D eigenvalue weighted by atomic mass is 10.4. The molecule has 4 N–H and O–H groups in total. The van der Waals surface area contributed by atoms with Crippen LogP contribution < -0.4 is 11.5 Å². The van der Waals surface area contributed by atoms with Crippen LogP contribution in [0.15, 0.2) is 23.2 Å². The number of carbonyl (C=O) groups excluding carboxylic acids is 1. The van der Waals surface area contributed by atoms with E-state index in [2.05, 4.69) is 4.98 Å². The van der Waals surface area contributed by atoms with Crippen molar-refractivity contribution in [3.8, 4) is 0 Å². The number of nitrogen functional groups attached to an aromatic ring is 1. The average molecular weight is 272 g/mol. The fourth-order valence-electron chi connectivity index (χ4n) is 1.45. The van der Waals surface area contributed by atoms with E-state index in [0.29, 0.717) is 0 Å². The van der Waals surface area contributed by atoms with Crippen molar-refractivity contribution in [3.05, 3.63) is 18.3 Å². The van der Waals surface area contributed by atoms with Crippen LogP contribution >= 0.6 is 0 Å². The largest absolute Gasteiger partial charge is 0.383 e. The van der Waals surface area contributed by atoms with Crippen LogP contribution in [-0.4, -0.2) is 36.2 Å². The first-order valence-electron chi connectivity index (χ1n) is 5.27. The molecule has 0 atom stereocenters. The maximum absolute atomic E-state index is 12.3. The van der Waals surface area contributed by atoms with Gasteiger partial charge in [-0.05, 0) is 26.0 Å². The fraction of sp³-hybridized carbons (Fsp3) is 0.400. The number of nitrogens with two attached hydrogens (primary N) is 2. The maximum Gasteiger partial charge on any atom is 0.247 e. The van der Waals surface area contributed by atoms with Crippen LogP contribution in [0.2, 0.25) is 0 Å². The summed E-state index contributed by atoms with van der Waals surface area (Å²) in [6.45, 7) is 2.90. The normalized spacial score (nSPS) is 12.0. The minimum Gasteiger partial charge on any atom is -0.383 e. The Labute approximate surface area is 106 Å². The lowest BCUT2D eigenvalue weighted by Crippen LogP contribution is -2.42. The van der Waals surface area contributed by atoms with Gasteiger partial charge in [-0.1, -0.05) is 0 Å². The lowest BCUT2D eigenvalue weighted by Gasteiger charge is -2.24. The molecule has 0 bridgehead atoms. The van der Waals surface area contributed by atoms with E-state index in [9.17, 15) is 13.2 Å². The number of sulfonamides is 1. The van der Waals surface area contributed by atoms with Gasteiger partial charge in [-0.15, -0.1) is 0 Å². The fourth-order valence-corrected chi connectivity index (χ4v) is 3.12. The maximum atomic E-state index is 12.3. The molecule has 1 heterocycles. The van der Waals surface area contributed by atoms with Crippen LogP contribution in [0, 0.1) is 0 Å². The van der Waals surface area contributed by atoms with Gasteiger partial charge in [0.05, 0.1) is 6.54 Å². The number of hydrogen-bond acceptors (Lipinski definition) is 5. The van der Waals surface area contributed by atoms with Crippen molar-refractivity contribution in [1.29, 1.82) is 0 Å². The zero-order chi connectivity index (χ0) is 13.9. The van der Waals surface area contributed by atoms with E-state index < -0.39 is 28.5 Å². The highest BCUT2D eigenvalue weighted by molar-refractivity contribution is 7.89. The summed E-state index contributed by atoms with van der Waals surface area (Å²) < 4.78 is 25.6. The Hall–Kier alpha value is -1.67. The number of pyridine rings is 1. The molecule has 0 aromatic carbocycles. The SMILES string of the molecule is CC(C)N(CC(N)=O)S(=O)(=O)c1cccnc1N. The van der Waals surface area contributed by atoms with E-state index >= 15 is 0 Å². The van der Waals surface area contributed by atoms with Crippen molar-refractivity contribution in [2.75, 3.05) is 12.3 Å². The number of nitrogens with zero attached hydrogens (tertiary/aromatic N) is 2. The molecule has 0 saturated heterocycles. The first kappa shape index (κ1) is 14.4. The highest BCUT2D eigenvalue weighted by atomic mass is 32.2. The smallest absolute Gasteiger partial charge is 0.247 e. The molecule has 18 heavy (non-hydrogen) atoms. The second kappa shape index (κ2) is 5.32.